The number of unbranched alkanes of at least 4 members (excludes halogenated alkanes) is 1. The number of nitrogens with zero attached hydrogens (tertiary/aromatic N) is 4. The Morgan fingerprint density at radius 2 is 1.68 bits per heavy atom. The Kier molecular flexibility index (Phi) is 13.9. The zero-order valence-corrected chi connectivity index (χ0v) is 31.0. The molecule has 1 aliphatic carbocycles. The zero-order valence-electron chi connectivity index (χ0n) is 31.0. The number of likely N-dealkylation sites (tertiary alicyclic amines) is 1. The van der Waals surface area contributed by atoms with Crippen molar-refractivity contribution < 1.29 is 43.0 Å². The van der Waals surface area contributed by atoms with Crippen molar-refractivity contribution in [3.63, 3.8) is 0 Å². The minimum atomic E-state index is -1.09. The van der Waals surface area contributed by atoms with Gasteiger partial charge in [-0.2, -0.15) is 0 Å². The van der Waals surface area contributed by atoms with Crippen LogP contribution in [-0.4, -0.2) is 126 Å². The maximum Gasteiger partial charge on any atom is 0.409 e. The van der Waals surface area contributed by atoms with Crippen LogP contribution in [0, 0.1) is 6.92 Å². The van der Waals surface area contributed by atoms with Gasteiger partial charge in [-0.3, -0.25) is 24.0 Å². The fraction of sp³-hybridized carbons (Fsp3) is 0.605. The molecule has 1 aromatic carbocycles. The second kappa shape index (κ2) is 18.7. The van der Waals surface area contributed by atoms with Crippen molar-refractivity contribution in [3.8, 4) is 5.75 Å². The second-order valence-corrected chi connectivity index (χ2v) is 13.8. The lowest BCUT2D eigenvalue weighted by atomic mass is 9.93. The van der Waals surface area contributed by atoms with E-state index in [0.29, 0.717) is 36.9 Å². The number of benzene rings is 1. The molecule has 2 N–H and O–H groups in total. The minimum Gasteiger partial charge on any atom is -0.483 e. The number of rotatable bonds is 15. The molecular weight excluding hydrogens is 684 g/mol. The number of piperazine rings is 1. The molecule has 5 amide bonds. The van der Waals surface area contributed by atoms with E-state index in [9.17, 15) is 28.8 Å². The minimum absolute atomic E-state index is 0.0153. The summed E-state index contributed by atoms with van der Waals surface area (Å²) in [6, 6.07) is 5.43. The molecule has 2 aromatic rings. The third-order valence-corrected chi connectivity index (χ3v) is 9.96. The van der Waals surface area contributed by atoms with Gasteiger partial charge in [-0.05, 0) is 76.5 Å². The quantitative estimate of drug-likeness (QED) is 0.204. The van der Waals surface area contributed by atoms with Gasteiger partial charge in [0.15, 0.2) is 6.61 Å². The van der Waals surface area contributed by atoms with Gasteiger partial charge < -0.3 is 39.5 Å². The number of ether oxygens (including phenoxy) is 3. The normalized spacial score (nSPS) is 17.9. The Balaban J connectivity index is 1.28. The molecule has 3 aliphatic rings. The van der Waals surface area contributed by atoms with Crippen LogP contribution in [0.3, 0.4) is 0 Å². The van der Waals surface area contributed by atoms with Gasteiger partial charge in [-0.1, -0.05) is 19.4 Å². The largest absolute Gasteiger partial charge is 0.483 e. The predicted molar refractivity (Wildman–Crippen MR) is 194 cm³/mol. The summed E-state index contributed by atoms with van der Waals surface area (Å²) in [5, 5.41) is 6.41. The van der Waals surface area contributed by atoms with Crippen molar-refractivity contribution in [2.24, 2.45) is 0 Å². The SMILES string of the molecule is CCCCOC(=O)N1CCN(C(=O)C(CCC(=O)OCC)NC(=O)c2cc(OCC(=O)N3CCCC3C(=O)NC3CCC3)c3ccc(C)cc3n2)CC1. The molecule has 2 atom stereocenters. The first-order valence-corrected chi connectivity index (χ1v) is 18.9. The van der Waals surface area contributed by atoms with E-state index in [0.717, 1.165) is 37.7 Å². The molecule has 2 saturated heterocycles. The van der Waals surface area contributed by atoms with Crippen molar-refractivity contribution in [2.45, 2.75) is 96.7 Å². The zero-order chi connectivity index (χ0) is 37.9. The highest BCUT2D eigenvalue weighted by Gasteiger charge is 2.36. The summed E-state index contributed by atoms with van der Waals surface area (Å²) >= 11 is 0. The van der Waals surface area contributed by atoms with E-state index in [4.69, 9.17) is 14.2 Å². The van der Waals surface area contributed by atoms with E-state index in [1.54, 1.807) is 33.8 Å². The van der Waals surface area contributed by atoms with Crippen LogP contribution in [0.4, 0.5) is 4.79 Å². The van der Waals surface area contributed by atoms with Crippen LogP contribution >= 0.6 is 0 Å². The van der Waals surface area contributed by atoms with Gasteiger partial charge in [0.25, 0.3) is 11.8 Å². The number of hydrogen-bond donors (Lipinski definition) is 2. The fourth-order valence-corrected chi connectivity index (χ4v) is 6.66. The lowest BCUT2D eigenvalue weighted by Crippen LogP contribution is -2.56. The fourth-order valence-electron chi connectivity index (χ4n) is 6.66. The van der Waals surface area contributed by atoms with E-state index < -0.39 is 36.0 Å². The molecule has 53 heavy (non-hydrogen) atoms. The lowest BCUT2D eigenvalue weighted by Gasteiger charge is -2.36. The van der Waals surface area contributed by atoms with Gasteiger partial charge in [0, 0.05) is 56.6 Å². The summed E-state index contributed by atoms with van der Waals surface area (Å²) in [4.78, 5) is 87.9. The van der Waals surface area contributed by atoms with Crippen LogP contribution < -0.4 is 15.4 Å². The first-order chi connectivity index (χ1) is 25.6. The third-order valence-electron chi connectivity index (χ3n) is 9.96. The van der Waals surface area contributed by atoms with Crippen molar-refractivity contribution in [3.05, 3.63) is 35.5 Å². The van der Waals surface area contributed by atoms with Gasteiger partial charge in [-0.15, -0.1) is 0 Å². The topological polar surface area (TPSA) is 177 Å². The Hall–Kier alpha value is -4.95. The van der Waals surface area contributed by atoms with E-state index >= 15 is 0 Å². The summed E-state index contributed by atoms with van der Waals surface area (Å²) in [6.07, 6.45) is 5.42. The van der Waals surface area contributed by atoms with Crippen LogP contribution in [-0.2, 0) is 28.7 Å². The number of nitrogens with one attached hydrogen (secondary N) is 2. The molecular formula is C38H52N6O9. The van der Waals surface area contributed by atoms with Gasteiger partial charge in [0.1, 0.15) is 23.5 Å². The average molecular weight is 737 g/mol. The maximum atomic E-state index is 13.8. The molecule has 15 nitrogen and oxygen atoms in total. The van der Waals surface area contributed by atoms with E-state index in [-0.39, 0.29) is 81.5 Å². The highest BCUT2D eigenvalue weighted by Crippen LogP contribution is 2.28. The number of pyridine rings is 1. The number of aromatic nitrogens is 1. The highest BCUT2D eigenvalue weighted by atomic mass is 16.6. The average Bonchev–Trinajstić information content (AvgIpc) is 3.64. The molecule has 0 spiro atoms. The van der Waals surface area contributed by atoms with Gasteiger partial charge in [0.05, 0.1) is 18.7 Å². The molecule has 0 bridgehead atoms. The van der Waals surface area contributed by atoms with Crippen molar-refractivity contribution >= 4 is 46.6 Å². The van der Waals surface area contributed by atoms with Gasteiger partial charge in [0.2, 0.25) is 11.8 Å². The summed E-state index contributed by atoms with van der Waals surface area (Å²) in [6.45, 7) is 7.19. The van der Waals surface area contributed by atoms with Crippen LogP contribution in [0.2, 0.25) is 0 Å². The van der Waals surface area contributed by atoms with Gasteiger partial charge in [-0.25, -0.2) is 9.78 Å². The van der Waals surface area contributed by atoms with Crippen LogP contribution in [0.15, 0.2) is 24.3 Å². The van der Waals surface area contributed by atoms with Crippen molar-refractivity contribution in [1.29, 1.82) is 0 Å². The van der Waals surface area contributed by atoms with Crippen LogP contribution in [0.5, 0.6) is 5.75 Å². The molecule has 2 unspecified atom stereocenters. The summed E-state index contributed by atoms with van der Waals surface area (Å²) in [7, 11) is 0. The van der Waals surface area contributed by atoms with Crippen LogP contribution in [0.25, 0.3) is 10.9 Å². The monoisotopic (exact) mass is 736 g/mol. The Morgan fingerprint density at radius 1 is 0.925 bits per heavy atom. The number of aryl methyl sites for hydroxylation is 1. The summed E-state index contributed by atoms with van der Waals surface area (Å²) < 4.78 is 16.4. The van der Waals surface area contributed by atoms with Gasteiger partial charge >= 0.3 is 12.1 Å². The molecule has 5 rings (SSSR count). The molecule has 3 heterocycles. The Bertz CT molecular complexity index is 1660. The van der Waals surface area contributed by atoms with E-state index in [1.807, 2.05) is 19.9 Å². The van der Waals surface area contributed by atoms with E-state index in [1.165, 1.54) is 6.07 Å². The molecule has 15 heteroatoms. The standard InChI is InChI=1S/C38H52N6O9/c1-4-6-21-52-38(50)43-19-17-42(18-20-43)37(49)28(14-15-34(46)51-5-2)41-35(47)30-23-32(27-13-12-25(3)22-29(27)40-30)53-24-33(45)44-16-8-11-31(44)36(48)39-26-9-7-10-26/h12-13,22-23,26,28,31H,4-11,14-21,24H2,1-3H3,(H,39,48)(H,41,47). The number of carbonyl (C=O) groups is 6. The summed E-state index contributed by atoms with van der Waals surface area (Å²) in [5.74, 6) is -1.79. The summed E-state index contributed by atoms with van der Waals surface area (Å²) in [5.41, 5.74) is 1.30. The maximum absolute atomic E-state index is 13.8. The van der Waals surface area contributed by atoms with E-state index in [2.05, 4.69) is 15.6 Å². The number of amides is 5. The Morgan fingerprint density at radius 3 is 2.38 bits per heavy atom. The number of fused-ring (bicyclic) bond motifs is 1. The second-order valence-electron chi connectivity index (χ2n) is 13.8. The number of esters is 1. The molecule has 1 aromatic heterocycles. The predicted octanol–water partition coefficient (Wildman–Crippen LogP) is 3.10. The molecule has 288 valence electrons. The lowest BCUT2D eigenvalue weighted by molar-refractivity contribution is -0.143. The third kappa shape index (κ3) is 10.4. The van der Waals surface area contributed by atoms with Crippen molar-refractivity contribution in [1.82, 2.24) is 30.3 Å². The van der Waals surface area contributed by atoms with Crippen LogP contribution in [0.1, 0.15) is 87.7 Å². The first-order valence-electron chi connectivity index (χ1n) is 18.9. The first kappa shape index (κ1) is 39.3. The highest BCUT2D eigenvalue weighted by molar-refractivity contribution is 5.99. The molecule has 3 fully saturated rings. The van der Waals surface area contributed by atoms with Crippen molar-refractivity contribution in [2.75, 3.05) is 52.5 Å². The Labute approximate surface area is 310 Å². The molecule has 0 radical (unpaired) electrons. The molecule has 2 aliphatic heterocycles. The smallest absolute Gasteiger partial charge is 0.409 e. The number of hydrogen-bond acceptors (Lipinski definition) is 10. The molecule has 1 saturated carbocycles. The number of carbonyl (C=O) groups excluding carboxylic acids is 6.